The zero-order chi connectivity index (χ0) is 21.3. The first-order chi connectivity index (χ1) is 13.7. The van der Waals surface area contributed by atoms with Gasteiger partial charge in [-0.15, -0.1) is 12.6 Å². The average molecular weight is 444 g/mol. The highest BCUT2D eigenvalue weighted by Crippen LogP contribution is 2.42. The summed E-state index contributed by atoms with van der Waals surface area (Å²) in [6.07, 6.45) is 0.812. The standard InChI is InChI=1S/C18H29N4O5PS/c1-5-10(6-2)28(25)27-18(3,4)7-11-13(23)14(24)17(26-11)22-9-21-12-15(22)19-8-20-16(12)29/h8-11,13-14,17,23-24,28H,5-7H2,1-4H3,(H,19,20,29)/t11-,13?,14-,17?/m1/s1. The lowest BCUT2D eigenvalue weighted by Crippen LogP contribution is -2.37. The molecular formula is C18H29N4O5PS. The number of rotatable bonds is 8. The molecule has 5 atom stereocenters. The summed E-state index contributed by atoms with van der Waals surface area (Å²) in [5.74, 6) is 0. The van der Waals surface area contributed by atoms with Crippen molar-refractivity contribution >= 4 is 31.8 Å². The minimum Gasteiger partial charge on any atom is -0.388 e. The van der Waals surface area contributed by atoms with Crippen molar-refractivity contribution in [2.75, 3.05) is 0 Å². The van der Waals surface area contributed by atoms with Crippen LogP contribution in [0.4, 0.5) is 0 Å². The number of aliphatic hydroxyl groups is 2. The highest BCUT2D eigenvalue weighted by Gasteiger charge is 2.46. The van der Waals surface area contributed by atoms with Crippen molar-refractivity contribution in [2.45, 2.75) is 87.8 Å². The van der Waals surface area contributed by atoms with Gasteiger partial charge in [0.2, 0.25) is 0 Å². The number of aromatic nitrogens is 4. The third-order valence-electron chi connectivity index (χ3n) is 5.34. The normalized spacial score (nSPS) is 26.5. The molecule has 1 saturated heterocycles. The molecular weight excluding hydrogens is 415 g/mol. The Labute approximate surface area is 176 Å². The molecule has 11 heteroatoms. The Morgan fingerprint density at radius 1 is 1.28 bits per heavy atom. The highest BCUT2D eigenvalue weighted by atomic mass is 32.1. The Bertz CT molecular complexity index is 875. The third kappa shape index (κ3) is 4.68. The van der Waals surface area contributed by atoms with Gasteiger partial charge < -0.3 is 19.5 Å². The van der Waals surface area contributed by atoms with E-state index >= 15 is 0 Å². The van der Waals surface area contributed by atoms with Crippen LogP contribution >= 0.6 is 20.7 Å². The van der Waals surface area contributed by atoms with Crippen LogP contribution in [-0.4, -0.2) is 59.3 Å². The number of thiol groups is 1. The van der Waals surface area contributed by atoms with E-state index in [1.54, 1.807) is 4.57 Å². The van der Waals surface area contributed by atoms with Crippen LogP contribution in [0.3, 0.4) is 0 Å². The van der Waals surface area contributed by atoms with Crippen LogP contribution in [-0.2, 0) is 13.8 Å². The van der Waals surface area contributed by atoms with Gasteiger partial charge in [-0.25, -0.2) is 15.0 Å². The summed E-state index contributed by atoms with van der Waals surface area (Å²) in [6.45, 7) is 7.63. The molecule has 3 rings (SSSR count). The van der Waals surface area contributed by atoms with Crippen molar-refractivity contribution in [3.8, 4) is 0 Å². The van der Waals surface area contributed by atoms with E-state index in [1.807, 2.05) is 27.7 Å². The molecule has 0 spiro atoms. The quantitative estimate of drug-likeness (QED) is 0.323. The van der Waals surface area contributed by atoms with Gasteiger partial charge in [0.15, 0.2) is 19.9 Å². The molecule has 3 heterocycles. The molecule has 2 aromatic rings. The predicted molar refractivity (Wildman–Crippen MR) is 112 cm³/mol. The molecule has 0 radical (unpaired) electrons. The Morgan fingerprint density at radius 2 is 1.97 bits per heavy atom. The number of hydrogen-bond acceptors (Lipinski definition) is 9. The van der Waals surface area contributed by atoms with E-state index in [4.69, 9.17) is 9.26 Å². The summed E-state index contributed by atoms with van der Waals surface area (Å²) < 4.78 is 25.9. The van der Waals surface area contributed by atoms with Crippen LogP contribution in [0.1, 0.15) is 53.2 Å². The largest absolute Gasteiger partial charge is 0.388 e. The summed E-state index contributed by atoms with van der Waals surface area (Å²) in [5, 5.41) is 21.6. The third-order valence-corrected chi connectivity index (χ3v) is 7.90. The molecule has 0 saturated carbocycles. The fourth-order valence-corrected chi connectivity index (χ4v) is 5.33. The van der Waals surface area contributed by atoms with Crippen LogP contribution in [0, 0.1) is 0 Å². The van der Waals surface area contributed by atoms with Gasteiger partial charge in [-0.1, -0.05) is 13.8 Å². The van der Waals surface area contributed by atoms with Crippen LogP contribution in [0.15, 0.2) is 17.7 Å². The Hall–Kier alpha value is -1.03. The number of ether oxygens (including phenoxy) is 1. The van der Waals surface area contributed by atoms with Crippen molar-refractivity contribution < 1.29 is 24.0 Å². The molecule has 2 N–H and O–H groups in total. The lowest BCUT2D eigenvalue weighted by molar-refractivity contribution is -0.0579. The lowest BCUT2D eigenvalue weighted by Gasteiger charge is -2.30. The summed E-state index contributed by atoms with van der Waals surface area (Å²) in [7, 11) is -2.24. The number of imidazole rings is 1. The zero-order valence-corrected chi connectivity index (χ0v) is 18.9. The minimum absolute atomic E-state index is 0.0273. The summed E-state index contributed by atoms with van der Waals surface area (Å²) in [4.78, 5) is 12.4. The van der Waals surface area contributed by atoms with Crippen LogP contribution < -0.4 is 0 Å². The van der Waals surface area contributed by atoms with E-state index in [1.165, 1.54) is 12.7 Å². The second kappa shape index (κ2) is 8.99. The maximum atomic E-state index is 12.5. The molecule has 1 aliphatic heterocycles. The van der Waals surface area contributed by atoms with Crippen molar-refractivity contribution in [1.82, 2.24) is 19.5 Å². The average Bonchev–Trinajstić information content (AvgIpc) is 3.19. The van der Waals surface area contributed by atoms with E-state index < -0.39 is 38.2 Å². The molecule has 0 aromatic carbocycles. The first-order valence-electron chi connectivity index (χ1n) is 9.79. The van der Waals surface area contributed by atoms with E-state index in [0.717, 1.165) is 12.8 Å². The monoisotopic (exact) mass is 444 g/mol. The second-order valence-electron chi connectivity index (χ2n) is 7.97. The number of fused-ring (bicyclic) bond motifs is 1. The molecule has 2 aromatic heterocycles. The topological polar surface area (TPSA) is 120 Å². The zero-order valence-electron chi connectivity index (χ0n) is 17.0. The number of nitrogens with zero attached hydrogens (tertiary/aromatic N) is 4. The Kier molecular flexibility index (Phi) is 7.03. The lowest BCUT2D eigenvalue weighted by atomic mass is 9.97. The van der Waals surface area contributed by atoms with E-state index in [-0.39, 0.29) is 12.1 Å². The van der Waals surface area contributed by atoms with Gasteiger partial charge >= 0.3 is 0 Å². The van der Waals surface area contributed by atoms with Crippen molar-refractivity contribution in [3.63, 3.8) is 0 Å². The van der Waals surface area contributed by atoms with E-state index in [9.17, 15) is 14.8 Å². The minimum atomic E-state index is -2.24. The van der Waals surface area contributed by atoms with Crippen LogP contribution in [0.2, 0.25) is 0 Å². The molecule has 162 valence electrons. The first-order valence-corrected chi connectivity index (χ1v) is 11.6. The smallest absolute Gasteiger partial charge is 0.195 e. The van der Waals surface area contributed by atoms with Crippen molar-refractivity contribution in [3.05, 3.63) is 12.7 Å². The molecule has 0 bridgehead atoms. The molecule has 29 heavy (non-hydrogen) atoms. The Balaban J connectivity index is 1.75. The fourth-order valence-electron chi connectivity index (χ4n) is 3.66. The maximum absolute atomic E-state index is 12.5. The van der Waals surface area contributed by atoms with Crippen molar-refractivity contribution in [2.24, 2.45) is 0 Å². The van der Waals surface area contributed by atoms with E-state index in [2.05, 4.69) is 27.6 Å². The molecule has 3 unspecified atom stereocenters. The van der Waals surface area contributed by atoms with Gasteiger partial charge in [0.1, 0.15) is 29.1 Å². The van der Waals surface area contributed by atoms with Crippen LogP contribution in [0.25, 0.3) is 11.2 Å². The summed E-state index contributed by atoms with van der Waals surface area (Å²) in [6, 6.07) is 0. The van der Waals surface area contributed by atoms with Gasteiger partial charge in [0, 0.05) is 12.1 Å². The summed E-state index contributed by atoms with van der Waals surface area (Å²) in [5.41, 5.74) is 0.184. The van der Waals surface area contributed by atoms with E-state index in [0.29, 0.717) is 16.2 Å². The Morgan fingerprint density at radius 3 is 2.62 bits per heavy atom. The summed E-state index contributed by atoms with van der Waals surface area (Å²) >= 11 is 4.26. The van der Waals surface area contributed by atoms with Crippen LogP contribution in [0.5, 0.6) is 0 Å². The SMILES string of the molecule is CCC(CC)[PH](=O)OC(C)(C)C[C@H]1OC(n2cnc3c(S)ncnc32)[C@H](O)C1O. The first kappa shape index (κ1) is 22.7. The maximum Gasteiger partial charge on any atom is 0.195 e. The highest BCUT2D eigenvalue weighted by molar-refractivity contribution is 7.80. The predicted octanol–water partition coefficient (Wildman–Crippen LogP) is 2.58. The molecule has 9 nitrogen and oxygen atoms in total. The fraction of sp³-hybridized carbons (Fsp3) is 0.722. The molecule has 0 aliphatic carbocycles. The van der Waals surface area contributed by atoms with Gasteiger partial charge in [-0.05, 0) is 26.7 Å². The van der Waals surface area contributed by atoms with Gasteiger partial charge in [0.05, 0.1) is 18.0 Å². The van der Waals surface area contributed by atoms with Gasteiger partial charge in [0.25, 0.3) is 0 Å². The molecule has 0 amide bonds. The number of aliphatic hydroxyl groups excluding tert-OH is 2. The van der Waals surface area contributed by atoms with Crippen molar-refractivity contribution in [1.29, 1.82) is 0 Å². The second-order valence-corrected chi connectivity index (χ2v) is 10.0. The van der Waals surface area contributed by atoms with Gasteiger partial charge in [-0.2, -0.15) is 0 Å². The number of hydrogen-bond donors (Lipinski definition) is 3. The van der Waals surface area contributed by atoms with Gasteiger partial charge in [-0.3, -0.25) is 9.13 Å². The molecule has 1 fully saturated rings. The molecule has 1 aliphatic rings.